The van der Waals surface area contributed by atoms with E-state index in [0.717, 1.165) is 37.3 Å². The van der Waals surface area contributed by atoms with Crippen LogP contribution in [0, 0.1) is 0 Å². The highest BCUT2D eigenvalue weighted by Gasteiger charge is 2.13. The molecule has 2 heterocycles. The van der Waals surface area contributed by atoms with Gasteiger partial charge in [0.25, 0.3) is 0 Å². The highest BCUT2D eigenvalue weighted by Crippen LogP contribution is 2.39. The molecule has 0 fully saturated rings. The van der Waals surface area contributed by atoms with E-state index in [4.69, 9.17) is 10.8 Å². The number of halogens is 1. The van der Waals surface area contributed by atoms with E-state index in [1.807, 2.05) is 29.6 Å². The molecule has 22 heavy (non-hydrogen) atoms. The van der Waals surface area contributed by atoms with Crippen molar-refractivity contribution in [2.75, 3.05) is 5.73 Å². The summed E-state index contributed by atoms with van der Waals surface area (Å²) in [5.41, 5.74) is 8.84. The van der Waals surface area contributed by atoms with Crippen molar-refractivity contribution < 1.29 is 9.90 Å². The number of hydrogen-bond acceptors (Lipinski definition) is 4. The van der Waals surface area contributed by atoms with Crippen LogP contribution in [-0.2, 0) is 4.79 Å². The van der Waals surface area contributed by atoms with Gasteiger partial charge in [0, 0.05) is 38.0 Å². The third-order valence-electron chi connectivity index (χ3n) is 3.21. The van der Waals surface area contributed by atoms with E-state index >= 15 is 0 Å². The van der Waals surface area contributed by atoms with Gasteiger partial charge in [0.1, 0.15) is 5.82 Å². The van der Waals surface area contributed by atoms with Crippen molar-refractivity contribution in [3.63, 3.8) is 0 Å². The minimum absolute atomic E-state index is 0.446. The van der Waals surface area contributed by atoms with Crippen molar-refractivity contribution in [1.29, 1.82) is 0 Å². The number of thiophene rings is 1. The lowest BCUT2D eigenvalue weighted by molar-refractivity contribution is -0.131. The minimum Gasteiger partial charge on any atom is -0.478 e. The van der Waals surface area contributed by atoms with Gasteiger partial charge in [0.15, 0.2) is 0 Å². The number of carbonyl (C=O) groups is 1. The maximum Gasteiger partial charge on any atom is 0.328 e. The number of aliphatic carboxylic acids is 1. The number of fused-ring (bicyclic) bond motifs is 1. The Bertz CT molecular complexity index is 885. The summed E-state index contributed by atoms with van der Waals surface area (Å²) in [4.78, 5) is 14.9. The molecule has 110 valence electrons. The van der Waals surface area contributed by atoms with E-state index in [1.54, 1.807) is 12.3 Å². The molecule has 3 N–H and O–H groups in total. The summed E-state index contributed by atoms with van der Waals surface area (Å²) in [6.07, 6.45) is 4.24. The molecule has 0 saturated carbocycles. The van der Waals surface area contributed by atoms with Gasteiger partial charge >= 0.3 is 5.97 Å². The van der Waals surface area contributed by atoms with Crippen LogP contribution in [-0.4, -0.2) is 16.1 Å². The van der Waals surface area contributed by atoms with Crippen molar-refractivity contribution in [3.05, 3.63) is 52.0 Å². The molecule has 1 aromatic carbocycles. The largest absolute Gasteiger partial charge is 0.478 e. The predicted octanol–water partition coefficient (Wildman–Crippen LogP) is 4.41. The summed E-state index contributed by atoms with van der Waals surface area (Å²) in [5.74, 6) is -0.545. The van der Waals surface area contributed by atoms with Gasteiger partial charge in [-0.3, -0.25) is 0 Å². The van der Waals surface area contributed by atoms with Crippen molar-refractivity contribution in [1.82, 2.24) is 4.98 Å². The Hall–Kier alpha value is -2.18. The Morgan fingerprint density at radius 1 is 1.32 bits per heavy atom. The first-order valence-electron chi connectivity index (χ1n) is 6.39. The van der Waals surface area contributed by atoms with Crippen LogP contribution < -0.4 is 5.73 Å². The molecule has 0 saturated heterocycles. The van der Waals surface area contributed by atoms with Gasteiger partial charge in [-0.05, 0) is 29.2 Å². The number of nitrogen functional groups attached to an aromatic ring is 1. The Labute approximate surface area is 139 Å². The molecular formula is C16H11BrN2O2S. The van der Waals surface area contributed by atoms with Gasteiger partial charge in [-0.2, -0.15) is 0 Å². The second-order valence-electron chi connectivity index (χ2n) is 4.63. The van der Waals surface area contributed by atoms with E-state index in [2.05, 4.69) is 20.9 Å². The lowest BCUT2D eigenvalue weighted by Gasteiger charge is -2.04. The summed E-state index contributed by atoms with van der Waals surface area (Å²) in [6, 6.07) is 7.95. The van der Waals surface area contributed by atoms with Crippen LogP contribution in [0.25, 0.3) is 27.3 Å². The van der Waals surface area contributed by atoms with Gasteiger partial charge < -0.3 is 10.8 Å². The molecule has 0 unspecified atom stereocenters. The zero-order valence-corrected chi connectivity index (χ0v) is 13.7. The number of rotatable bonds is 3. The highest BCUT2D eigenvalue weighted by atomic mass is 79.9. The molecule has 0 aliphatic heterocycles. The Morgan fingerprint density at radius 2 is 2.05 bits per heavy atom. The molecule has 3 rings (SSSR count). The molecule has 0 aliphatic rings. The quantitative estimate of drug-likeness (QED) is 0.665. The monoisotopic (exact) mass is 374 g/mol. The molecule has 6 heteroatoms. The van der Waals surface area contributed by atoms with E-state index in [-0.39, 0.29) is 0 Å². The first-order valence-corrected chi connectivity index (χ1v) is 8.06. The molecule has 0 bridgehead atoms. The molecule has 0 amide bonds. The summed E-state index contributed by atoms with van der Waals surface area (Å²) in [5, 5.41) is 11.7. The number of nitrogens with two attached hydrogens (primary N) is 1. The summed E-state index contributed by atoms with van der Waals surface area (Å²) >= 11 is 4.95. The van der Waals surface area contributed by atoms with Crippen molar-refractivity contribution in [2.45, 2.75) is 0 Å². The standard InChI is InChI=1S/C16H11BrN2O2S/c17-11-4-1-9(2-5-11)12-8-22-15-10(3-6-13(20)21)7-19-16(18)14(12)15/h1-8H,(H2,18,19)(H,20,21)/b6-3+. The lowest BCUT2D eigenvalue weighted by Crippen LogP contribution is -1.93. The number of aromatic nitrogens is 1. The minimum atomic E-state index is -0.991. The predicted molar refractivity (Wildman–Crippen MR) is 93.8 cm³/mol. The topological polar surface area (TPSA) is 76.2 Å². The van der Waals surface area contributed by atoms with Gasteiger partial charge in [-0.25, -0.2) is 9.78 Å². The summed E-state index contributed by atoms with van der Waals surface area (Å²) < 4.78 is 1.94. The van der Waals surface area contributed by atoms with Crippen LogP contribution in [0.4, 0.5) is 5.82 Å². The number of hydrogen-bond donors (Lipinski definition) is 2. The maximum atomic E-state index is 10.7. The Balaban J connectivity index is 2.20. The highest BCUT2D eigenvalue weighted by molar-refractivity contribution is 9.10. The molecule has 3 aromatic rings. The summed E-state index contributed by atoms with van der Waals surface area (Å²) in [6.45, 7) is 0. The van der Waals surface area contributed by atoms with E-state index in [1.165, 1.54) is 11.3 Å². The van der Waals surface area contributed by atoms with Gasteiger partial charge in [0.05, 0.1) is 0 Å². The number of nitrogens with zero attached hydrogens (tertiary/aromatic N) is 1. The zero-order chi connectivity index (χ0) is 15.7. The van der Waals surface area contributed by atoms with Crippen LogP contribution in [0.5, 0.6) is 0 Å². The number of pyridine rings is 1. The fourth-order valence-electron chi connectivity index (χ4n) is 2.21. The fraction of sp³-hybridized carbons (Fsp3) is 0. The Morgan fingerprint density at radius 3 is 2.73 bits per heavy atom. The second-order valence-corrected chi connectivity index (χ2v) is 6.43. The molecule has 0 spiro atoms. The number of carboxylic acids is 1. The molecule has 0 aliphatic carbocycles. The normalized spacial score (nSPS) is 11.3. The number of carboxylic acid groups (broad SMARTS) is 1. The van der Waals surface area contributed by atoms with Crippen LogP contribution in [0.2, 0.25) is 0 Å². The maximum absolute atomic E-state index is 10.7. The SMILES string of the molecule is Nc1ncc(/C=C/C(=O)O)c2scc(-c3ccc(Br)cc3)c12. The van der Waals surface area contributed by atoms with Crippen LogP contribution >= 0.6 is 27.3 Å². The average molecular weight is 375 g/mol. The third kappa shape index (κ3) is 2.75. The molecule has 2 aromatic heterocycles. The van der Waals surface area contributed by atoms with Gasteiger partial charge in [0.2, 0.25) is 0 Å². The molecule has 0 radical (unpaired) electrons. The van der Waals surface area contributed by atoms with E-state index in [9.17, 15) is 4.79 Å². The van der Waals surface area contributed by atoms with Crippen molar-refractivity contribution in [3.8, 4) is 11.1 Å². The van der Waals surface area contributed by atoms with E-state index < -0.39 is 5.97 Å². The first-order chi connectivity index (χ1) is 10.6. The average Bonchev–Trinajstić information content (AvgIpc) is 2.93. The Kier molecular flexibility index (Phi) is 3.96. The third-order valence-corrected chi connectivity index (χ3v) is 4.77. The fourth-order valence-corrected chi connectivity index (χ4v) is 3.55. The lowest BCUT2D eigenvalue weighted by atomic mass is 10.0. The smallest absolute Gasteiger partial charge is 0.328 e. The van der Waals surface area contributed by atoms with Crippen LogP contribution in [0.15, 0.2) is 46.4 Å². The number of anilines is 1. The molecule has 4 nitrogen and oxygen atoms in total. The summed E-state index contributed by atoms with van der Waals surface area (Å²) in [7, 11) is 0. The van der Waals surface area contributed by atoms with Gasteiger partial charge in [-0.15, -0.1) is 11.3 Å². The van der Waals surface area contributed by atoms with Crippen LogP contribution in [0.3, 0.4) is 0 Å². The first kappa shape index (κ1) is 14.7. The van der Waals surface area contributed by atoms with Crippen molar-refractivity contribution in [2.24, 2.45) is 0 Å². The van der Waals surface area contributed by atoms with Crippen LogP contribution in [0.1, 0.15) is 5.56 Å². The van der Waals surface area contributed by atoms with E-state index in [0.29, 0.717) is 5.82 Å². The zero-order valence-electron chi connectivity index (χ0n) is 11.3. The van der Waals surface area contributed by atoms with Gasteiger partial charge in [-0.1, -0.05) is 28.1 Å². The molecular weight excluding hydrogens is 364 g/mol. The number of benzene rings is 1. The molecule has 0 atom stereocenters. The van der Waals surface area contributed by atoms with Crippen molar-refractivity contribution >= 4 is 55.2 Å². The second kappa shape index (κ2) is 5.90.